The zero-order valence-electron chi connectivity index (χ0n) is 13.3. The molecule has 1 aromatic carbocycles. The minimum Gasteiger partial charge on any atom is -0.379 e. The molecule has 2 heterocycles. The summed E-state index contributed by atoms with van der Waals surface area (Å²) in [6.07, 6.45) is -4.51. The van der Waals surface area contributed by atoms with Crippen LogP contribution in [-0.2, 0) is 10.9 Å². The number of urea groups is 1. The van der Waals surface area contributed by atoms with Gasteiger partial charge in [-0.15, -0.1) is 0 Å². The maximum Gasteiger partial charge on any atom is 0.418 e. The third-order valence-electron chi connectivity index (χ3n) is 4.50. The van der Waals surface area contributed by atoms with Crippen molar-refractivity contribution >= 4 is 11.7 Å². The minimum atomic E-state index is -4.51. The summed E-state index contributed by atoms with van der Waals surface area (Å²) in [4.78, 5) is 16.3. The monoisotopic (exact) mass is 343 g/mol. The van der Waals surface area contributed by atoms with Crippen LogP contribution in [0.5, 0.6) is 0 Å². The number of rotatable bonds is 1. The molecule has 0 unspecified atom stereocenters. The van der Waals surface area contributed by atoms with Gasteiger partial charge in [-0.1, -0.05) is 12.1 Å². The number of hydrogen-bond acceptors (Lipinski definition) is 3. The zero-order valence-corrected chi connectivity index (χ0v) is 13.3. The summed E-state index contributed by atoms with van der Waals surface area (Å²) >= 11 is 0. The first-order valence-corrected chi connectivity index (χ1v) is 7.84. The lowest BCUT2D eigenvalue weighted by Gasteiger charge is -2.30. The van der Waals surface area contributed by atoms with Gasteiger partial charge in [-0.05, 0) is 19.2 Å². The van der Waals surface area contributed by atoms with E-state index in [0.717, 1.165) is 12.6 Å². The van der Waals surface area contributed by atoms with Crippen molar-refractivity contribution < 1.29 is 22.7 Å². The number of nitrogens with one attached hydrogen (secondary N) is 1. The molecule has 2 aliphatic heterocycles. The maximum atomic E-state index is 13.1. The van der Waals surface area contributed by atoms with Crippen molar-refractivity contribution in [3.8, 4) is 0 Å². The highest BCUT2D eigenvalue weighted by atomic mass is 19.4. The van der Waals surface area contributed by atoms with Gasteiger partial charge in [0.25, 0.3) is 0 Å². The highest BCUT2D eigenvalue weighted by Crippen LogP contribution is 2.34. The number of para-hydroxylation sites is 1. The number of nitrogens with zero attached hydrogens (tertiary/aromatic N) is 2. The van der Waals surface area contributed by atoms with Gasteiger partial charge in [0.2, 0.25) is 0 Å². The second kappa shape index (κ2) is 6.60. The van der Waals surface area contributed by atoms with Crippen LogP contribution in [0, 0.1) is 5.92 Å². The largest absolute Gasteiger partial charge is 0.418 e. The lowest BCUT2D eigenvalue weighted by Crippen LogP contribution is -2.46. The lowest BCUT2D eigenvalue weighted by molar-refractivity contribution is -0.136. The summed E-state index contributed by atoms with van der Waals surface area (Å²) in [5.74, 6) is 0.158. The Bertz CT molecular complexity index is 608. The molecule has 8 heteroatoms. The van der Waals surface area contributed by atoms with Crippen molar-refractivity contribution in [3.63, 3.8) is 0 Å². The van der Waals surface area contributed by atoms with Crippen molar-refractivity contribution in [2.75, 3.05) is 45.2 Å². The molecule has 0 radical (unpaired) electrons. The van der Waals surface area contributed by atoms with E-state index in [1.165, 1.54) is 18.2 Å². The predicted octanol–water partition coefficient (Wildman–Crippen LogP) is 2.50. The van der Waals surface area contributed by atoms with Crippen molar-refractivity contribution in [2.45, 2.75) is 12.2 Å². The topological polar surface area (TPSA) is 44.8 Å². The molecule has 0 spiro atoms. The van der Waals surface area contributed by atoms with Gasteiger partial charge in [0, 0.05) is 25.6 Å². The summed E-state index contributed by atoms with van der Waals surface area (Å²) in [7, 11) is 1.98. The molecule has 0 aromatic heterocycles. The molecule has 0 saturated carbocycles. The Kier molecular flexibility index (Phi) is 4.69. The normalized spacial score (nSPS) is 25.2. The molecule has 2 bridgehead atoms. The molecular formula is C16H20F3N3O2. The number of alkyl halides is 3. The Morgan fingerprint density at radius 3 is 2.71 bits per heavy atom. The highest BCUT2D eigenvalue weighted by molar-refractivity contribution is 5.90. The Balaban J connectivity index is 1.76. The van der Waals surface area contributed by atoms with Crippen LogP contribution in [-0.4, -0.2) is 61.8 Å². The van der Waals surface area contributed by atoms with E-state index in [1.54, 1.807) is 4.90 Å². The van der Waals surface area contributed by atoms with Crippen LogP contribution >= 0.6 is 0 Å². The number of anilines is 1. The van der Waals surface area contributed by atoms with Gasteiger partial charge in [-0.2, -0.15) is 13.2 Å². The van der Waals surface area contributed by atoms with Crippen LogP contribution in [0.1, 0.15) is 5.56 Å². The first-order chi connectivity index (χ1) is 11.3. The van der Waals surface area contributed by atoms with Crippen LogP contribution in [0.2, 0.25) is 0 Å². The van der Waals surface area contributed by atoms with Gasteiger partial charge < -0.3 is 15.0 Å². The Hall–Kier alpha value is -1.80. The van der Waals surface area contributed by atoms with Crippen LogP contribution in [0.3, 0.4) is 0 Å². The maximum absolute atomic E-state index is 13.1. The average molecular weight is 343 g/mol. The number of carbonyl (C=O) groups is 1. The first kappa shape index (κ1) is 17.0. The molecule has 1 N–H and O–H groups in total. The number of hydrogen-bond donors (Lipinski definition) is 1. The Morgan fingerprint density at radius 2 is 1.96 bits per heavy atom. The van der Waals surface area contributed by atoms with E-state index >= 15 is 0 Å². The molecule has 1 aromatic rings. The van der Waals surface area contributed by atoms with Gasteiger partial charge in [0.15, 0.2) is 0 Å². The van der Waals surface area contributed by atoms with Gasteiger partial charge in [0.1, 0.15) is 0 Å². The van der Waals surface area contributed by atoms with E-state index in [1.807, 2.05) is 7.05 Å². The van der Waals surface area contributed by atoms with Crippen molar-refractivity contribution in [3.05, 3.63) is 29.8 Å². The Labute approximate surface area is 138 Å². The molecule has 2 amide bonds. The van der Waals surface area contributed by atoms with E-state index < -0.39 is 17.8 Å². The van der Waals surface area contributed by atoms with Gasteiger partial charge in [0.05, 0.1) is 30.5 Å². The lowest BCUT2D eigenvalue weighted by atomic mass is 10.1. The van der Waals surface area contributed by atoms with Crippen molar-refractivity contribution in [1.29, 1.82) is 0 Å². The SMILES string of the molecule is CN1C[C@H]2COC[C@@H]1CN(C(=O)Nc1ccccc1C(F)(F)F)C2. The molecular weight excluding hydrogens is 323 g/mol. The summed E-state index contributed by atoms with van der Waals surface area (Å²) in [6.45, 7) is 2.81. The molecule has 2 aliphatic rings. The predicted molar refractivity (Wildman–Crippen MR) is 82.8 cm³/mol. The summed E-state index contributed by atoms with van der Waals surface area (Å²) in [5.41, 5.74) is -1.05. The van der Waals surface area contributed by atoms with Crippen molar-refractivity contribution in [1.82, 2.24) is 9.80 Å². The van der Waals surface area contributed by atoms with E-state index in [0.29, 0.717) is 26.3 Å². The van der Waals surface area contributed by atoms with E-state index in [2.05, 4.69) is 10.2 Å². The molecule has 132 valence electrons. The van der Waals surface area contributed by atoms with Crippen LogP contribution in [0.25, 0.3) is 0 Å². The van der Waals surface area contributed by atoms with Gasteiger partial charge in [-0.3, -0.25) is 4.90 Å². The molecule has 2 atom stereocenters. The van der Waals surface area contributed by atoms with Gasteiger partial charge in [-0.25, -0.2) is 4.79 Å². The number of amides is 2. The third kappa shape index (κ3) is 3.64. The molecule has 3 rings (SSSR count). The van der Waals surface area contributed by atoms with Crippen LogP contribution < -0.4 is 5.32 Å². The van der Waals surface area contributed by atoms with E-state index in [9.17, 15) is 18.0 Å². The fourth-order valence-corrected chi connectivity index (χ4v) is 3.25. The second-order valence-corrected chi connectivity index (χ2v) is 6.38. The quantitative estimate of drug-likeness (QED) is 0.852. The Morgan fingerprint density at radius 1 is 1.21 bits per heavy atom. The van der Waals surface area contributed by atoms with E-state index in [-0.39, 0.29) is 17.6 Å². The van der Waals surface area contributed by atoms with Crippen molar-refractivity contribution in [2.24, 2.45) is 5.92 Å². The number of ether oxygens (including phenoxy) is 1. The summed E-state index contributed by atoms with van der Waals surface area (Å²) in [5, 5.41) is 2.43. The highest BCUT2D eigenvalue weighted by Gasteiger charge is 2.36. The van der Waals surface area contributed by atoms with Gasteiger partial charge >= 0.3 is 12.2 Å². The standard InChI is InChI=1S/C16H20F3N3O2/c1-21-6-11-7-22(8-12(21)10-24-9-11)15(23)20-14-5-3-2-4-13(14)16(17,18)19/h2-5,11-12H,6-10H2,1H3,(H,20,23)/t11-,12+/m1/s1. The summed E-state index contributed by atoms with van der Waals surface area (Å²) in [6, 6.07) is 4.58. The number of carbonyl (C=O) groups excluding carboxylic acids is 1. The molecule has 0 aliphatic carbocycles. The fraction of sp³-hybridized carbons (Fsp3) is 0.562. The second-order valence-electron chi connectivity index (χ2n) is 6.38. The number of likely N-dealkylation sites (N-methyl/N-ethyl adjacent to an activating group) is 1. The molecule has 2 fully saturated rings. The fourth-order valence-electron chi connectivity index (χ4n) is 3.25. The molecule has 2 saturated heterocycles. The summed E-state index contributed by atoms with van der Waals surface area (Å²) < 4.78 is 44.8. The average Bonchev–Trinajstić information content (AvgIpc) is 2.75. The first-order valence-electron chi connectivity index (χ1n) is 7.84. The van der Waals surface area contributed by atoms with Crippen LogP contribution in [0.15, 0.2) is 24.3 Å². The van der Waals surface area contributed by atoms with Crippen LogP contribution in [0.4, 0.5) is 23.7 Å². The molecule has 5 nitrogen and oxygen atoms in total. The van der Waals surface area contributed by atoms with E-state index in [4.69, 9.17) is 4.74 Å². The third-order valence-corrected chi connectivity index (χ3v) is 4.50. The smallest absolute Gasteiger partial charge is 0.379 e. The number of benzene rings is 1. The molecule has 24 heavy (non-hydrogen) atoms. The zero-order chi connectivity index (χ0) is 17.3. The number of halogens is 3. The minimum absolute atomic E-state index is 0.0566. The number of fused-ring (bicyclic) bond motifs is 3.